The molecule has 0 saturated carbocycles. The minimum Gasteiger partial charge on any atom is -0.504 e. The van der Waals surface area contributed by atoms with Crippen molar-refractivity contribution in [3.8, 4) is 11.5 Å². The fourth-order valence-electron chi connectivity index (χ4n) is 2.47. The van der Waals surface area contributed by atoms with Crippen LogP contribution in [0.15, 0.2) is 18.2 Å². The Morgan fingerprint density at radius 3 is 2.94 bits per heavy atom. The number of benzene rings is 1. The van der Waals surface area contributed by atoms with Gasteiger partial charge >= 0.3 is 0 Å². The topological polar surface area (TPSA) is 32.7 Å². The highest BCUT2D eigenvalue weighted by atomic mass is 16.5. The van der Waals surface area contributed by atoms with Crippen LogP contribution in [0.4, 0.5) is 0 Å². The molecule has 0 amide bonds. The molecule has 1 fully saturated rings. The Morgan fingerprint density at radius 2 is 2.24 bits per heavy atom. The van der Waals surface area contributed by atoms with Gasteiger partial charge in [-0.3, -0.25) is 4.90 Å². The van der Waals surface area contributed by atoms with E-state index in [1.807, 2.05) is 12.1 Å². The van der Waals surface area contributed by atoms with Crippen molar-refractivity contribution in [2.75, 3.05) is 13.7 Å². The molecule has 1 aromatic rings. The maximum absolute atomic E-state index is 10.1. The van der Waals surface area contributed by atoms with Crippen molar-refractivity contribution >= 4 is 0 Å². The van der Waals surface area contributed by atoms with Crippen LogP contribution in [0.2, 0.25) is 0 Å². The second kappa shape index (κ2) is 5.41. The molecule has 1 N–H and O–H groups in total. The first-order valence-electron chi connectivity index (χ1n) is 6.31. The first kappa shape index (κ1) is 12.2. The Kier molecular flexibility index (Phi) is 3.89. The number of nitrogens with zero attached hydrogens (tertiary/aromatic N) is 1. The number of hydrogen-bond acceptors (Lipinski definition) is 3. The summed E-state index contributed by atoms with van der Waals surface area (Å²) in [6.07, 6.45) is 3.83. The van der Waals surface area contributed by atoms with Gasteiger partial charge in [0.25, 0.3) is 0 Å². The zero-order valence-corrected chi connectivity index (χ0v) is 10.6. The summed E-state index contributed by atoms with van der Waals surface area (Å²) in [5, 5.41) is 10.1. The van der Waals surface area contributed by atoms with E-state index in [1.165, 1.54) is 19.3 Å². The summed E-state index contributed by atoms with van der Waals surface area (Å²) in [7, 11) is 1.59. The summed E-state index contributed by atoms with van der Waals surface area (Å²) in [5.41, 5.74) is 0.957. The summed E-state index contributed by atoms with van der Waals surface area (Å²) >= 11 is 0. The number of methoxy groups -OCH3 is 1. The monoisotopic (exact) mass is 235 g/mol. The van der Waals surface area contributed by atoms with Gasteiger partial charge in [0.15, 0.2) is 11.5 Å². The zero-order valence-electron chi connectivity index (χ0n) is 10.6. The molecule has 1 heterocycles. The van der Waals surface area contributed by atoms with Gasteiger partial charge in [-0.2, -0.15) is 0 Å². The van der Waals surface area contributed by atoms with E-state index in [0.29, 0.717) is 11.8 Å². The quantitative estimate of drug-likeness (QED) is 0.874. The number of ether oxygens (including phenoxy) is 1. The Labute approximate surface area is 103 Å². The standard InChI is InChI=1S/C14H21NO2/c1-11-6-3-4-9-15(11)10-12-7-5-8-13(17-2)14(12)16/h5,7-8,11,16H,3-4,6,9-10H2,1-2H3. The average Bonchev–Trinajstić information content (AvgIpc) is 2.34. The van der Waals surface area contributed by atoms with Crippen LogP contribution in [0.5, 0.6) is 11.5 Å². The van der Waals surface area contributed by atoms with Gasteiger partial charge in [0, 0.05) is 18.2 Å². The largest absolute Gasteiger partial charge is 0.504 e. The van der Waals surface area contributed by atoms with Gasteiger partial charge in [-0.1, -0.05) is 18.6 Å². The van der Waals surface area contributed by atoms with Crippen LogP contribution >= 0.6 is 0 Å². The number of aromatic hydroxyl groups is 1. The SMILES string of the molecule is COc1cccc(CN2CCCCC2C)c1O. The summed E-state index contributed by atoms with van der Waals surface area (Å²) in [6.45, 7) is 4.19. The van der Waals surface area contributed by atoms with Crippen molar-refractivity contribution in [2.45, 2.75) is 38.8 Å². The molecule has 0 aromatic heterocycles. The number of piperidine rings is 1. The molecule has 2 rings (SSSR count). The molecule has 1 saturated heterocycles. The molecule has 0 spiro atoms. The van der Waals surface area contributed by atoms with E-state index in [4.69, 9.17) is 4.74 Å². The molecular formula is C14H21NO2. The number of para-hydroxylation sites is 1. The first-order chi connectivity index (χ1) is 8.22. The number of phenols is 1. The van der Waals surface area contributed by atoms with Crippen LogP contribution in [-0.2, 0) is 6.54 Å². The van der Waals surface area contributed by atoms with Gasteiger partial charge in [0.1, 0.15) is 0 Å². The van der Waals surface area contributed by atoms with E-state index in [2.05, 4.69) is 11.8 Å². The van der Waals surface area contributed by atoms with Crippen molar-refractivity contribution in [1.29, 1.82) is 0 Å². The average molecular weight is 235 g/mol. The van der Waals surface area contributed by atoms with E-state index in [-0.39, 0.29) is 5.75 Å². The fourth-order valence-corrected chi connectivity index (χ4v) is 2.47. The van der Waals surface area contributed by atoms with Crippen molar-refractivity contribution < 1.29 is 9.84 Å². The van der Waals surface area contributed by atoms with Crippen LogP contribution in [-0.4, -0.2) is 29.7 Å². The molecule has 3 heteroatoms. The van der Waals surface area contributed by atoms with Crippen LogP contribution in [0.25, 0.3) is 0 Å². The lowest BCUT2D eigenvalue weighted by Crippen LogP contribution is -2.36. The zero-order chi connectivity index (χ0) is 12.3. The molecule has 1 aliphatic rings. The molecule has 0 radical (unpaired) electrons. The Hall–Kier alpha value is -1.22. The van der Waals surface area contributed by atoms with E-state index < -0.39 is 0 Å². The highest BCUT2D eigenvalue weighted by Crippen LogP contribution is 2.31. The molecule has 1 aliphatic heterocycles. The lowest BCUT2D eigenvalue weighted by atomic mass is 10.0. The van der Waals surface area contributed by atoms with Crippen molar-refractivity contribution in [1.82, 2.24) is 4.90 Å². The molecule has 1 unspecified atom stereocenters. The fraction of sp³-hybridized carbons (Fsp3) is 0.571. The Balaban J connectivity index is 2.12. The molecule has 94 valence electrons. The maximum atomic E-state index is 10.1. The first-order valence-corrected chi connectivity index (χ1v) is 6.31. The van der Waals surface area contributed by atoms with Crippen LogP contribution < -0.4 is 4.74 Å². The van der Waals surface area contributed by atoms with Crippen molar-refractivity contribution in [3.63, 3.8) is 0 Å². The number of likely N-dealkylation sites (tertiary alicyclic amines) is 1. The summed E-state index contributed by atoms with van der Waals surface area (Å²) in [5.74, 6) is 0.847. The second-order valence-corrected chi connectivity index (χ2v) is 4.78. The van der Waals surface area contributed by atoms with E-state index in [0.717, 1.165) is 18.7 Å². The number of phenolic OH excluding ortho intramolecular Hbond substituents is 1. The third-order valence-corrected chi connectivity index (χ3v) is 3.62. The lowest BCUT2D eigenvalue weighted by Gasteiger charge is -2.33. The highest BCUT2D eigenvalue weighted by molar-refractivity contribution is 5.45. The maximum Gasteiger partial charge on any atom is 0.162 e. The second-order valence-electron chi connectivity index (χ2n) is 4.78. The molecule has 1 aromatic carbocycles. The van der Waals surface area contributed by atoms with Gasteiger partial charge in [-0.05, 0) is 32.4 Å². The van der Waals surface area contributed by atoms with Crippen LogP contribution in [0.1, 0.15) is 31.7 Å². The number of rotatable bonds is 3. The van der Waals surface area contributed by atoms with Crippen LogP contribution in [0, 0.1) is 0 Å². The van der Waals surface area contributed by atoms with E-state index in [1.54, 1.807) is 13.2 Å². The predicted octanol–water partition coefficient (Wildman–Crippen LogP) is 2.78. The molecule has 0 bridgehead atoms. The molecular weight excluding hydrogens is 214 g/mol. The molecule has 3 nitrogen and oxygen atoms in total. The Morgan fingerprint density at radius 1 is 1.41 bits per heavy atom. The van der Waals surface area contributed by atoms with Gasteiger partial charge in [-0.15, -0.1) is 0 Å². The van der Waals surface area contributed by atoms with E-state index in [9.17, 15) is 5.11 Å². The van der Waals surface area contributed by atoms with E-state index >= 15 is 0 Å². The van der Waals surface area contributed by atoms with Gasteiger partial charge in [0.2, 0.25) is 0 Å². The summed E-state index contributed by atoms with van der Waals surface area (Å²) in [6, 6.07) is 6.30. The van der Waals surface area contributed by atoms with Crippen LogP contribution in [0.3, 0.4) is 0 Å². The minimum atomic E-state index is 0.285. The van der Waals surface area contributed by atoms with Gasteiger partial charge in [-0.25, -0.2) is 0 Å². The van der Waals surface area contributed by atoms with Gasteiger partial charge < -0.3 is 9.84 Å². The molecule has 1 atom stereocenters. The normalized spacial score (nSPS) is 21.4. The predicted molar refractivity (Wildman–Crippen MR) is 68.4 cm³/mol. The lowest BCUT2D eigenvalue weighted by molar-refractivity contribution is 0.151. The highest BCUT2D eigenvalue weighted by Gasteiger charge is 2.19. The third-order valence-electron chi connectivity index (χ3n) is 3.62. The van der Waals surface area contributed by atoms with Crippen molar-refractivity contribution in [2.24, 2.45) is 0 Å². The summed E-state index contributed by atoms with van der Waals surface area (Å²) in [4.78, 5) is 2.43. The van der Waals surface area contributed by atoms with Gasteiger partial charge in [0.05, 0.1) is 7.11 Å². The molecule has 0 aliphatic carbocycles. The Bertz CT molecular complexity index is 378. The third kappa shape index (κ3) is 2.72. The number of hydrogen-bond donors (Lipinski definition) is 1. The van der Waals surface area contributed by atoms with Crippen molar-refractivity contribution in [3.05, 3.63) is 23.8 Å². The minimum absolute atomic E-state index is 0.285. The molecule has 17 heavy (non-hydrogen) atoms. The smallest absolute Gasteiger partial charge is 0.162 e. The summed E-state index contributed by atoms with van der Waals surface area (Å²) < 4.78 is 5.13.